The topological polar surface area (TPSA) is 88.1 Å². The lowest BCUT2D eigenvalue weighted by molar-refractivity contribution is -0.159. The van der Waals surface area contributed by atoms with Gasteiger partial charge in [0.15, 0.2) is 0 Å². The van der Waals surface area contributed by atoms with Gasteiger partial charge in [-0.3, -0.25) is 14.4 Å². The van der Waals surface area contributed by atoms with Gasteiger partial charge in [-0.05, 0) is 33.3 Å². The molecular weight excluding hydrogens is 487 g/mol. The Morgan fingerprint density at radius 2 is 1.68 bits per heavy atom. The summed E-state index contributed by atoms with van der Waals surface area (Å²) in [7, 11) is 1.53. The van der Waals surface area contributed by atoms with Crippen molar-refractivity contribution in [3.05, 3.63) is 65.7 Å². The molecule has 198 valence electrons. The summed E-state index contributed by atoms with van der Waals surface area (Å²) < 4.78 is 44.1. The number of nitrogens with one attached hydrogen (secondary N) is 1. The Morgan fingerprint density at radius 3 is 2.30 bits per heavy atom. The number of benzodiazepines with no additional fused rings is 1. The van der Waals surface area contributed by atoms with E-state index >= 15 is 0 Å². The molecule has 37 heavy (non-hydrogen) atoms. The van der Waals surface area contributed by atoms with Crippen molar-refractivity contribution in [2.45, 2.75) is 58.0 Å². The summed E-state index contributed by atoms with van der Waals surface area (Å²) >= 11 is 0. The van der Waals surface area contributed by atoms with Crippen LogP contribution in [0, 0.1) is 5.92 Å². The van der Waals surface area contributed by atoms with Gasteiger partial charge in [-0.2, -0.15) is 13.2 Å². The van der Waals surface area contributed by atoms with Crippen LogP contribution in [-0.2, 0) is 19.1 Å². The Balaban J connectivity index is 1.93. The van der Waals surface area contributed by atoms with Gasteiger partial charge in [0, 0.05) is 30.5 Å². The van der Waals surface area contributed by atoms with Gasteiger partial charge in [-0.15, -0.1) is 0 Å². The molecule has 0 saturated heterocycles. The average molecular weight is 518 g/mol. The summed E-state index contributed by atoms with van der Waals surface area (Å²) in [5.74, 6) is -3.63. The van der Waals surface area contributed by atoms with E-state index in [1.54, 1.807) is 69.3 Å². The summed E-state index contributed by atoms with van der Waals surface area (Å²) in [5, 5.41) is 2.49. The van der Waals surface area contributed by atoms with Crippen LogP contribution in [0.5, 0.6) is 0 Å². The standard InChI is InChI=1S/C27H30F3N3O4/c1-26(2,3)37-21(34)16-18(14-15-27(28,29)30)24(35)32-23-25(36)33(4)20-13-9-8-12-19(20)22(31-23)17-10-6-5-7-11-17/h5-13,18,23H,14-16H2,1-4H3,(H,32,35)/t18-,23-/m1/s1. The van der Waals surface area contributed by atoms with E-state index in [0.717, 1.165) is 0 Å². The Morgan fingerprint density at radius 1 is 1.05 bits per heavy atom. The molecule has 2 aromatic rings. The molecule has 1 heterocycles. The van der Waals surface area contributed by atoms with Gasteiger partial charge < -0.3 is 15.0 Å². The van der Waals surface area contributed by atoms with Crippen molar-refractivity contribution in [3.63, 3.8) is 0 Å². The molecule has 0 fully saturated rings. The number of halogens is 3. The minimum atomic E-state index is -4.52. The number of nitrogens with zero attached hydrogens (tertiary/aromatic N) is 2. The lowest BCUT2D eigenvalue weighted by atomic mass is 9.97. The van der Waals surface area contributed by atoms with Crippen molar-refractivity contribution >= 4 is 29.2 Å². The summed E-state index contributed by atoms with van der Waals surface area (Å²) in [5.41, 5.74) is 1.48. The van der Waals surface area contributed by atoms with E-state index in [1.807, 2.05) is 6.07 Å². The zero-order valence-corrected chi connectivity index (χ0v) is 21.1. The average Bonchev–Trinajstić information content (AvgIpc) is 2.91. The molecule has 0 unspecified atom stereocenters. The molecule has 2 amide bonds. The summed E-state index contributed by atoms with van der Waals surface area (Å²) in [6, 6.07) is 16.1. The minimum Gasteiger partial charge on any atom is -0.460 e. The highest BCUT2D eigenvalue weighted by atomic mass is 19.4. The molecule has 0 spiro atoms. The number of ether oxygens (including phenoxy) is 1. The molecule has 0 aromatic heterocycles. The van der Waals surface area contributed by atoms with Crippen molar-refractivity contribution in [1.82, 2.24) is 5.32 Å². The number of rotatable bonds is 7. The van der Waals surface area contributed by atoms with E-state index in [4.69, 9.17) is 4.74 Å². The molecule has 3 rings (SSSR count). The highest BCUT2D eigenvalue weighted by Crippen LogP contribution is 2.29. The van der Waals surface area contributed by atoms with E-state index in [1.165, 1.54) is 11.9 Å². The Kier molecular flexibility index (Phi) is 8.40. The van der Waals surface area contributed by atoms with E-state index in [-0.39, 0.29) is 0 Å². The number of amides is 2. The summed E-state index contributed by atoms with van der Waals surface area (Å²) in [6.45, 7) is 4.85. The molecule has 1 N–H and O–H groups in total. The van der Waals surface area contributed by atoms with E-state index < -0.39 is 60.9 Å². The number of hydrogen-bond donors (Lipinski definition) is 1. The first-order chi connectivity index (χ1) is 17.2. The molecule has 10 heteroatoms. The van der Waals surface area contributed by atoms with Crippen molar-refractivity contribution in [3.8, 4) is 0 Å². The number of carbonyl (C=O) groups excluding carboxylic acids is 3. The number of aliphatic imine (C=N–C) groups is 1. The van der Waals surface area contributed by atoms with Crippen molar-refractivity contribution < 1.29 is 32.3 Å². The van der Waals surface area contributed by atoms with E-state index in [2.05, 4.69) is 10.3 Å². The SMILES string of the molecule is CN1C(=O)[C@@H](NC(=O)[C@H](CCC(F)(F)F)CC(=O)OC(C)(C)C)N=C(c2ccccc2)c2ccccc21. The molecule has 0 bridgehead atoms. The van der Waals surface area contributed by atoms with Crippen LogP contribution < -0.4 is 10.2 Å². The number of alkyl halides is 3. The number of hydrogen-bond acceptors (Lipinski definition) is 5. The van der Waals surface area contributed by atoms with Crippen LogP contribution in [-0.4, -0.2) is 48.5 Å². The first kappa shape index (κ1) is 27.9. The molecule has 2 aromatic carbocycles. The fraction of sp³-hybridized carbons (Fsp3) is 0.407. The van der Waals surface area contributed by atoms with Gasteiger partial charge >= 0.3 is 12.1 Å². The van der Waals surface area contributed by atoms with Crippen LogP contribution in [0.2, 0.25) is 0 Å². The normalized spacial score (nSPS) is 16.8. The number of para-hydroxylation sites is 1. The predicted molar refractivity (Wildman–Crippen MR) is 133 cm³/mol. The fourth-order valence-corrected chi connectivity index (χ4v) is 3.94. The number of benzene rings is 2. The Labute approximate surface area is 213 Å². The highest BCUT2D eigenvalue weighted by Gasteiger charge is 2.36. The first-order valence-electron chi connectivity index (χ1n) is 11.8. The lowest BCUT2D eigenvalue weighted by Crippen LogP contribution is -2.48. The van der Waals surface area contributed by atoms with Crippen LogP contribution >= 0.6 is 0 Å². The van der Waals surface area contributed by atoms with Crippen LogP contribution in [0.25, 0.3) is 0 Å². The van der Waals surface area contributed by atoms with E-state index in [9.17, 15) is 27.6 Å². The second-order valence-corrected chi connectivity index (χ2v) is 9.81. The molecular formula is C27H30F3N3O4. The quantitative estimate of drug-likeness (QED) is 0.543. The van der Waals surface area contributed by atoms with Crippen molar-refractivity contribution in [2.75, 3.05) is 11.9 Å². The first-order valence-corrected chi connectivity index (χ1v) is 11.8. The molecule has 0 saturated carbocycles. The zero-order valence-electron chi connectivity index (χ0n) is 21.1. The number of carbonyl (C=O) groups is 3. The maximum atomic E-state index is 13.3. The van der Waals surface area contributed by atoms with Crippen molar-refractivity contribution in [1.29, 1.82) is 0 Å². The maximum Gasteiger partial charge on any atom is 0.389 e. The van der Waals surface area contributed by atoms with Gasteiger partial charge in [-0.1, -0.05) is 48.5 Å². The van der Waals surface area contributed by atoms with Crippen LogP contribution in [0.4, 0.5) is 18.9 Å². The third-order valence-electron chi connectivity index (χ3n) is 5.65. The Bertz CT molecular complexity index is 1170. The van der Waals surface area contributed by atoms with Gasteiger partial charge in [0.25, 0.3) is 5.91 Å². The van der Waals surface area contributed by atoms with Gasteiger partial charge in [0.2, 0.25) is 12.1 Å². The van der Waals surface area contributed by atoms with Gasteiger partial charge in [0.05, 0.1) is 17.8 Å². The second kappa shape index (κ2) is 11.1. The monoisotopic (exact) mass is 517 g/mol. The zero-order chi connectivity index (χ0) is 27.4. The summed E-state index contributed by atoms with van der Waals surface area (Å²) in [6.07, 6.45) is -8.40. The predicted octanol–water partition coefficient (Wildman–Crippen LogP) is 4.63. The fourth-order valence-electron chi connectivity index (χ4n) is 3.94. The number of fused-ring (bicyclic) bond motifs is 1. The number of likely N-dealkylation sites (N-methyl/N-ethyl adjacent to an activating group) is 1. The third-order valence-corrected chi connectivity index (χ3v) is 5.65. The molecule has 7 nitrogen and oxygen atoms in total. The van der Waals surface area contributed by atoms with Gasteiger partial charge in [0.1, 0.15) is 5.60 Å². The highest BCUT2D eigenvalue weighted by molar-refractivity contribution is 6.20. The minimum absolute atomic E-state index is 0.443. The summed E-state index contributed by atoms with van der Waals surface area (Å²) in [4.78, 5) is 44.7. The van der Waals surface area contributed by atoms with Crippen LogP contribution in [0.3, 0.4) is 0 Å². The van der Waals surface area contributed by atoms with E-state index in [0.29, 0.717) is 22.5 Å². The van der Waals surface area contributed by atoms with Crippen LogP contribution in [0.15, 0.2) is 59.6 Å². The van der Waals surface area contributed by atoms with Gasteiger partial charge in [-0.25, -0.2) is 4.99 Å². The third kappa shape index (κ3) is 7.65. The Hall–Kier alpha value is -3.69. The molecule has 1 aliphatic rings. The smallest absolute Gasteiger partial charge is 0.389 e. The van der Waals surface area contributed by atoms with Crippen molar-refractivity contribution in [2.24, 2.45) is 10.9 Å². The lowest BCUT2D eigenvalue weighted by Gasteiger charge is -2.24. The van der Waals surface area contributed by atoms with Crippen LogP contribution in [0.1, 0.15) is 51.2 Å². The molecule has 1 aliphatic heterocycles. The molecule has 0 aliphatic carbocycles. The molecule has 0 radical (unpaired) electrons. The maximum absolute atomic E-state index is 13.3. The molecule has 2 atom stereocenters. The number of anilines is 1. The largest absolute Gasteiger partial charge is 0.460 e. The second-order valence-electron chi connectivity index (χ2n) is 9.81. The number of esters is 1.